The second kappa shape index (κ2) is 2.49. The number of hydrogen-bond donors (Lipinski definition) is 0. The van der Waals surface area contributed by atoms with Crippen molar-refractivity contribution in [3.05, 3.63) is 10.8 Å². The summed E-state index contributed by atoms with van der Waals surface area (Å²) in [5.41, 5.74) is 0.905. The van der Waals surface area contributed by atoms with Crippen LogP contribution in [0.3, 0.4) is 0 Å². The van der Waals surface area contributed by atoms with Gasteiger partial charge in [-0.05, 0) is 25.4 Å². The van der Waals surface area contributed by atoms with Crippen molar-refractivity contribution in [3.8, 4) is 0 Å². The Bertz CT molecular complexity index is 341. The van der Waals surface area contributed by atoms with E-state index in [1.54, 1.807) is 13.8 Å². The van der Waals surface area contributed by atoms with Crippen molar-refractivity contribution in [1.82, 2.24) is 0 Å². The minimum atomic E-state index is -3.82. The van der Waals surface area contributed by atoms with E-state index in [2.05, 4.69) is 8.58 Å². The van der Waals surface area contributed by atoms with Gasteiger partial charge in [-0.15, -0.1) is 4.40 Å². The van der Waals surface area contributed by atoms with Gasteiger partial charge in [0.1, 0.15) is 0 Å². The molecule has 0 bridgehead atoms. The van der Waals surface area contributed by atoms with Gasteiger partial charge in [0.25, 0.3) is 0 Å². The van der Waals surface area contributed by atoms with Crippen molar-refractivity contribution in [2.45, 2.75) is 13.8 Å². The molecular weight excluding hydrogens is 190 g/mol. The molecule has 0 aromatic carbocycles. The van der Waals surface area contributed by atoms with E-state index in [1.165, 1.54) is 0 Å². The molecule has 0 spiro atoms. The normalized spacial score (nSPS) is 22.6. The first-order valence-electron chi connectivity index (χ1n) is 2.80. The summed E-state index contributed by atoms with van der Waals surface area (Å²) in [6.07, 6.45) is 0. The maximum atomic E-state index is 10.7. The molecule has 0 fully saturated rings. The number of halogens is 1. The van der Waals surface area contributed by atoms with Crippen LogP contribution in [0.4, 0.5) is 0 Å². The van der Waals surface area contributed by atoms with Crippen molar-refractivity contribution in [2.75, 3.05) is 0 Å². The third-order valence-corrected chi connectivity index (χ3v) is 2.59. The van der Waals surface area contributed by atoms with Gasteiger partial charge in [0.05, 0.1) is 5.71 Å². The fraction of sp³-hybridized carbons (Fsp3) is 0.400. The summed E-state index contributed by atoms with van der Waals surface area (Å²) in [7, 11) is -3.82. The van der Waals surface area contributed by atoms with Crippen LogP contribution in [-0.4, -0.2) is 14.1 Å². The van der Waals surface area contributed by atoms with Crippen molar-refractivity contribution in [3.63, 3.8) is 0 Å². The Morgan fingerprint density at radius 1 is 1.45 bits per heavy atom. The van der Waals surface area contributed by atoms with E-state index in [0.717, 1.165) is 0 Å². The van der Waals surface area contributed by atoms with Gasteiger partial charge < -0.3 is 4.18 Å². The lowest BCUT2D eigenvalue weighted by molar-refractivity contribution is 0.428. The van der Waals surface area contributed by atoms with E-state index in [0.29, 0.717) is 11.3 Å². The topological polar surface area (TPSA) is 55.7 Å². The molecule has 6 heteroatoms. The smallest absolute Gasteiger partial charge is 0.352 e. The van der Waals surface area contributed by atoms with Crippen LogP contribution >= 0.6 is 11.6 Å². The summed E-state index contributed by atoms with van der Waals surface area (Å²) in [6.45, 7) is 3.19. The zero-order valence-electron chi connectivity index (χ0n) is 5.96. The first-order chi connectivity index (χ1) is 4.92. The summed E-state index contributed by atoms with van der Waals surface area (Å²) >= 11 is 5.44. The van der Waals surface area contributed by atoms with Crippen LogP contribution < -0.4 is 0 Å². The maximum absolute atomic E-state index is 10.7. The molecule has 0 aromatic rings. The highest BCUT2D eigenvalue weighted by molar-refractivity contribution is 7.85. The molecule has 62 valence electrons. The fourth-order valence-electron chi connectivity index (χ4n) is 0.552. The van der Waals surface area contributed by atoms with E-state index >= 15 is 0 Å². The Morgan fingerprint density at radius 3 is 2.45 bits per heavy atom. The SMILES string of the molecule is CC1=NS(=O)(=O)OC(Cl)=C1C. The number of nitrogens with zero attached hydrogens (tertiary/aromatic N) is 1. The first-order valence-corrected chi connectivity index (χ1v) is 4.54. The first kappa shape index (κ1) is 8.55. The monoisotopic (exact) mass is 195 g/mol. The Kier molecular flexibility index (Phi) is 1.94. The zero-order chi connectivity index (χ0) is 8.65. The molecule has 0 N–H and O–H groups in total. The summed E-state index contributed by atoms with van der Waals surface area (Å²) < 4.78 is 28.9. The van der Waals surface area contributed by atoms with Gasteiger partial charge in [-0.1, -0.05) is 0 Å². The molecule has 0 aromatic heterocycles. The zero-order valence-corrected chi connectivity index (χ0v) is 7.53. The third-order valence-electron chi connectivity index (χ3n) is 1.26. The minimum Gasteiger partial charge on any atom is -0.352 e. The van der Waals surface area contributed by atoms with Crippen LogP contribution in [0, 0.1) is 0 Å². The van der Waals surface area contributed by atoms with Gasteiger partial charge in [0.2, 0.25) is 5.22 Å². The molecular formula is C5H6ClNO3S. The van der Waals surface area contributed by atoms with Crippen LogP contribution in [0.25, 0.3) is 0 Å². The third kappa shape index (κ3) is 1.72. The lowest BCUT2D eigenvalue weighted by atomic mass is 10.2. The second-order valence-electron chi connectivity index (χ2n) is 2.09. The molecule has 0 unspecified atom stereocenters. The summed E-state index contributed by atoms with van der Waals surface area (Å²) in [4.78, 5) is 0. The van der Waals surface area contributed by atoms with Gasteiger partial charge >= 0.3 is 10.3 Å². The molecule has 1 aliphatic rings. The van der Waals surface area contributed by atoms with E-state index < -0.39 is 10.3 Å². The van der Waals surface area contributed by atoms with Gasteiger partial charge in [-0.2, -0.15) is 8.42 Å². The van der Waals surface area contributed by atoms with Crippen molar-refractivity contribution in [2.24, 2.45) is 4.40 Å². The van der Waals surface area contributed by atoms with E-state index in [1.807, 2.05) is 0 Å². The van der Waals surface area contributed by atoms with E-state index in [9.17, 15) is 8.42 Å². The van der Waals surface area contributed by atoms with Gasteiger partial charge in [0.15, 0.2) is 0 Å². The number of rotatable bonds is 0. The Labute approximate surface area is 69.8 Å². The van der Waals surface area contributed by atoms with E-state index in [-0.39, 0.29) is 5.22 Å². The maximum Gasteiger partial charge on any atom is 0.429 e. The molecule has 0 saturated heterocycles. The number of hydrogen-bond acceptors (Lipinski definition) is 3. The largest absolute Gasteiger partial charge is 0.429 e. The predicted octanol–water partition coefficient (Wildman–Crippen LogP) is 1.19. The molecule has 0 radical (unpaired) electrons. The van der Waals surface area contributed by atoms with Crippen molar-refractivity contribution >= 4 is 27.6 Å². The number of allylic oxidation sites excluding steroid dienone is 1. The lowest BCUT2D eigenvalue weighted by Gasteiger charge is -2.10. The van der Waals surface area contributed by atoms with Gasteiger partial charge in [-0.3, -0.25) is 0 Å². The minimum absolute atomic E-state index is 0.127. The molecule has 11 heavy (non-hydrogen) atoms. The predicted molar refractivity (Wildman–Crippen MR) is 41.7 cm³/mol. The average molecular weight is 196 g/mol. The summed E-state index contributed by atoms with van der Waals surface area (Å²) in [5.74, 6) is 0. The molecule has 1 rings (SSSR count). The summed E-state index contributed by atoms with van der Waals surface area (Å²) in [6, 6.07) is 0. The van der Waals surface area contributed by atoms with E-state index in [4.69, 9.17) is 11.6 Å². The molecule has 0 atom stereocenters. The molecule has 0 amide bonds. The highest BCUT2D eigenvalue weighted by Gasteiger charge is 2.21. The quantitative estimate of drug-likeness (QED) is 0.584. The molecule has 1 aliphatic heterocycles. The van der Waals surface area contributed by atoms with Crippen LogP contribution in [0.15, 0.2) is 15.2 Å². The van der Waals surface area contributed by atoms with Crippen LogP contribution in [0.5, 0.6) is 0 Å². The Balaban J connectivity index is 3.22. The Morgan fingerprint density at radius 2 is 2.00 bits per heavy atom. The lowest BCUT2D eigenvalue weighted by Crippen LogP contribution is -2.12. The van der Waals surface area contributed by atoms with Crippen LogP contribution in [0.1, 0.15) is 13.8 Å². The molecule has 0 saturated carbocycles. The highest BCUT2D eigenvalue weighted by atomic mass is 35.5. The van der Waals surface area contributed by atoms with Crippen molar-refractivity contribution < 1.29 is 12.6 Å². The molecule has 0 aliphatic carbocycles. The van der Waals surface area contributed by atoms with Crippen LogP contribution in [-0.2, 0) is 14.5 Å². The van der Waals surface area contributed by atoms with Crippen molar-refractivity contribution in [1.29, 1.82) is 0 Å². The Hall–Kier alpha value is -0.550. The fourth-order valence-corrected chi connectivity index (χ4v) is 1.75. The molecule has 1 heterocycles. The molecule has 4 nitrogen and oxygen atoms in total. The summed E-state index contributed by atoms with van der Waals surface area (Å²) in [5, 5.41) is -0.127. The standard InChI is InChI=1S/C5H6ClNO3S/c1-3-4(2)7-11(8,9)10-5(3)6/h1-2H3. The second-order valence-corrected chi connectivity index (χ2v) is 3.63. The highest BCUT2D eigenvalue weighted by Crippen LogP contribution is 2.21. The van der Waals surface area contributed by atoms with Crippen LogP contribution in [0.2, 0.25) is 0 Å². The van der Waals surface area contributed by atoms with Gasteiger partial charge in [0, 0.05) is 5.57 Å². The average Bonchev–Trinajstić information content (AvgIpc) is 1.81. The van der Waals surface area contributed by atoms with Gasteiger partial charge in [-0.25, -0.2) is 0 Å².